The zero-order valence-electron chi connectivity index (χ0n) is 8.75. The molecule has 1 aromatic carbocycles. The minimum atomic E-state index is -0.250. The van der Waals surface area contributed by atoms with Crippen LogP contribution in [0.1, 0.15) is 12.5 Å². The molecule has 0 saturated heterocycles. The molecule has 0 spiro atoms. The number of methoxy groups -OCH3 is 1. The molecule has 0 bridgehead atoms. The summed E-state index contributed by atoms with van der Waals surface area (Å²) in [5, 5.41) is 0. The Morgan fingerprint density at radius 3 is 2.73 bits per heavy atom. The number of hydrogen-bond donors (Lipinski definition) is 0. The highest BCUT2D eigenvalue weighted by Gasteiger charge is 2.07. The Morgan fingerprint density at radius 2 is 2.20 bits per heavy atom. The number of carbonyl (C=O) groups is 1. The average Bonchev–Trinajstić information content (AvgIpc) is 2.22. The summed E-state index contributed by atoms with van der Waals surface area (Å²) >= 11 is 3.39. The van der Waals surface area contributed by atoms with Crippen molar-refractivity contribution in [2.75, 3.05) is 13.7 Å². The second-order valence-corrected chi connectivity index (χ2v) is 3.79. The molecule has 4 heteroatoms. The summed E-state index contributed by atoms with van der Waals surface area (Å²) in [6.45, 7) is 2.55. The van der Waals surface area contributed by atoms with E-state index in [9.17, 15) is 4.79 Å². The molecule has 0 aliphatic heterocycles. The number of hydrogen-bond acceptors (Lipinski definition) is 3. The summed E-state index contributed by atoms with van der Waals surface area (Å²) in [5.41, 5.74) is 0.894. The fraction of sp³-hybridized carbons (Fsp3) is 0.364. The van der Waals surface area contributed by atoms with E-state index in [-0.39, 0.29) is 12.4 Å². The summed E-state index contributed by atoms with van der Waals surface area (Å²) in [7, 11) is 1.38. The monoisotopic (exact) mass is 272 g/mol. The molecule has 1 aromatic rings. The van der Waals surface area contributed by atoms with Crippen LogP contribution in [0.5, 0.6) is 5.75 Å². The van der Waals surface area contributed by atoms with Crippen molar-refractivity contribution in [1.29, 1.82) is 0 Å². The maximum Gasteiger partial charge on any atom is 0.310 e. The lowest BCUT2D eigenvalue weighted by atomic mass is 10.1. The fourth-order valence-electron chi connectivity index (χ4n) is 1.16. The van der Waals surface area contributed by atoms with Gasteiger partial charge in [-0.3, -0.25) is 4.79 Å². The van der Waals surface area contributed by atoms with Crippen molar-refractivity contribution in [3.8, 4) is 5.75 Å². The Labute approximate surface area is 97.5 Å². The molecule has 82 valence electrons. The van der Waals surface area contributed by atoms with Gasteiger partial charge in [0.05, 0.1) is 20.1 Å². The van der Waals surface area contributed by atoms with E-state index < -0.39 is 0 Å². The first-order valence-corrected chi connectivity index (χ1v) is 5.44. The molecule has 0 N–H and O–H groups in total. The summed E-state index contributed by atoms with van der Waals surface area (Å²) in [5.74, 6) is 0.540. The Morgan fingerprint density at radius 1 is 1.47 bits per heavy atom. The molecule has 1 rings (SSSR count). The molecule has 0 amide bonds. The quantitative estimate of drug-likeness (QED) is 0.791. The van der Waals surface area contributed by atoms with Crippen molar-refractivity contribution < 1.29 is 14.3 Å². The van der Waals surface area contributed by atoms with Crippen LogP contribution in [0, 0.1) is 0 Å². The lowest BCUT2D eigenvalue weighted by Gasteiger charge is -2.07. The van der Waals surface area contributed by atoms with Gasteiger partial charge in [-0.1, -0.05) is 22.0 Å². The van der Waals surface area contributed by atoms with Gasteiger partial charge in [-0.15, -0.1) is 0 Å². The van der Waals surface area contributed by atoms with Crippen LogP contribution in [0.4, 0.5) is 0 Å². The first-order valence-electron chi connectivity index (χ1n) is 4.65. The Bertz CT molecular complexity index is 350. The SMILES string of the molecule is CCOc1ccc(CC(=O)OC)c(Br)c1. The topological polar surface area (TPSA) is 35.5 Å². The Balaban J connectivity index is 2.78. The number of rotatable bonds is 4. The molecular weight excluding hydrogens is 260 g/mol. The molecule has 3 nitrogen and oxygen atoms in total. The van der Waals surface area contributed by atoms with Crippen molar-refractivity contribution in [3.63, 3.8) is 0 Å². The van der Waals surface area contributed by atoms with Crippen LogP contribution in [0.2, 0.25) is 0 Å². The van der Waals surface area contributed by atoms with Gasteiger partial charge in [0.1, 0.15) is 5.75 Å². The first-order chi connectivity index (χ1) is 7.17. The summed E-state index contributed by atoms with van der Waals surface area (Å²) in [6.07, 6.45) is 0.267. The second kappa shape index (κ2) is 5.75. The molecule has 0 fully saturated rings. The Hall–Kier alpha value is -1.03. The average molecular weight is 273 g/mol. The van der Waals surface area contributed by atoms with Crippen molar-refractivity contribution >= 4 is 21.9 Å². The largest absolute Gasteiger partial charge is 0.494 e. The zero-order chi connectivity index (χ0) is 11.3. The summed E-state index contributed by atoms with van der Waals surface area (Å²) in [4.78, 5) is 11.1. The predicted molar refractivity (Wildman–Crippen MR) is 61.0 cm³/mol. The normalized spacial score (nSPS) is 9.80. The molecule has 0 aliphatic rings. The first kappa shape index (κ1) is 12.0. The van der Waals surface area contributed by atoms with E-state index >= 15 is 0 Å². The van der Waals surface area contributed by atoms with Crippen LogP contribution in [0.15, 0.2) is 22.7 Å². The molecule has 15 heavy (non-hydrogen) atoms. The van der Waals surface area contributed by atoms with Crippen LogP contribution >= 0.6 is 15.9 Å². The number of esters is 1. The number of halogens is 1. The van der Waals surface area contributed by atoms with E-state index in [0.29, 0.717) is 6.61 Å². The molecule has 0 saturated carbocycles. The predicted octanol–water partition coefficient (Wildman–Crippen LogP) is 2.56. The van der Waals surface area contributed by atoms with Gasteiger partial charge < -0.3 is 9.47 Å². The van der Waals surface area contributed by atoms with Gasteiger partial charge >= 0.3 is 5.97 Å². The number of carbonyl (C=O) groups excluding carboxylic acids is 1. The molecule has 0 unspecified atom stereocenters. The third kappa shape index (κ3) is 3.55. The lowest BCUT2D eigenvalue weighted by molar-refractivity contribution is -0.139. The van der Waals surface area contributed by atoms with Gasteiger partial charge in [-0.25, -0.2) is 0 Å². The molecule has 0 aromatic heterocycles. The smallest absolute Gasteiger partial charge is 0.310 e. The van der Waals surface area contributed by atoms with Gasteiger partial charge in [0, 0.05) is 4.47 Å². The summed E-state index contributed by atoms with van der Waals surface area (Å²) < 4.78 is 10.8. The molecule has 0 atom stereocenters. The third-order valence-corrected chi connectivity index (χ3v) is 2.64. The van der Waals surface area contributed by atoms with E-state index in [1.807, 2.05) is 25.1 Å². The van der Waals surface area contributed by atoms with Crippen molar-refractivity contribution in [1.82, 2.24) is 0 Å². The van der Waals surface area contributed by atoms with Gasteiger partial charge in [0.15, 0.2) is 0 Å². The van der Waals surface area contributed by atoms with Crippen LogP contribution in [0.3, 0.4) is 0 Å². The molecule has 0 aliphatic carbocycles. The van der Waals surface area contributed by atoms with Crippen molar-refractivity contribution in [3.05, 3.63) is 28.2 Å². The highest BCUT2D eigenvalue weighted by atomic mass is 79.9. The van der Waals surface area contributed by atoms with Gasteiger partial charge in [-0.05, 0) is 24.6 Å². The van der Waals surface area contributed by atoms with E-state index in [4.69, 9.17) is 4.74 Å². The van der Waals surface area contributed by atoms with Gasteiger partial charge in [0.25, 0.3) is 0 Å². The van der Waals surface area contributed by atoms with Crippen molar-refractivity contribution in [2.45, 2.75) is 13.3 Å². The van der Waals surface area contributed by atoms with Crippen LogP contribution in [0.25, 0.3) is 0 Å². The number of ether oxygens (including phenoxy) is 2. The maximum absolute atomic E-state index is 11.1. The maximum atomic E-state index is 11.1. The number of benzene rings is 1. The van der Waals surface area contributed by atoms with E-state index in [1.54, 1.807) is 0 Å². The lowest BCUT2D eigenvalue weighted by Crippen LogP contribution is -2.05. The standard InChI is InChI=1S/C11H13BrO3/c1-3-15-9-5-4-8(10(12)7-9)6-11(13)14-2/h4-5,7H,3,6H2,1-2H3. The van der Waals surface area contributed by atoms with Crippen LogP contribution in [-0.4, -0.2) is 19.7 Å². The van der Waals surface area contributed by atoms with Crippen molar-refractivity contribution in [2.24, 2.45) is 0 Å². The van der Waals surface area contributed by atoms with Crippen LogP contribution in [-0.2, 0) is 16.0 Å². The second-order valence-electron chi connectivity index (χ2n) is 2.94. The third-order valence-electron chi connectivity index (χ3n) is 1.90. The highest BCUT2D eigenvalue weighted by molar-refractivity contribution is 9.10. The van der Waals surface area contributed by atoms with Gasteiger partial charge in [0.2, 0.25) is 0 Å². The highest BCUT2D eigenvalue weighted by Crippen LogP contribution is 2.23. The molecular formula is C11H13BrO3. The zero-order valence-corrected chi connectivity index (χ0v) is 10.3. The Kier molecular flexibility index (Phi) is 4.62. The van der Waals surface area contributed by atoms with Crippen LogP contribution < -0.4 is 4.74 Å². The van der Waals surface area contributed by atoms with E-state index in [1.165, 1.54) is 7.11 Å². The fourth-order valence-corrected chi connectivity index (χ4v) is 1.65. The molecule has 0 radical (unpaired) electrons. The van der Waals surface area contributed by atoms with Gasteiger partial charge in [-0.2, -0.15) is 0 Å². The minimum absolute atomic E-state index is 0.250. The molecule has 0 heterocycles. The van der Waals surface area contributed by atoms with E-state index in [0.717, 1.165) is 15.8 Å². The summed E-state index contributed by atoms with van der Waals surface area (Å²) in [6, 6.07) is 5.54. The van der Waals surface area contributed by atoms with E-state index in [2.05, 4.69) is 20.7 Å². The minimum Gasteiger partial charge on any atom is -0.494 e.